The largest absolute Gasteiger partial charge is 0.295 e. The van der Waals surface area contributed by atoms with Crippen LogP contribution in [0.2, 0.25) is 0 Å². The number of carbonyl (C=O) groups is 1. The lowest BCUT2D eigenvalue weighted by atomic mass is 10.2. The quantitative estimate of drug-likeness (QED) is 0.361. The molecule has 0 unspecified atom stereocenters. The monoisotopic (exact) mass is 194 g/mol. The fourth-order valence-electron chi connectivity index (χ4n) is 0.586. The van der Waals surface area contributed by atoms with Gasteiger partial charge in [0.15, 0.2) is 5.78 Å². The Morgan fingerprint density at radius 1 is 1.27 bits per heavy atom. The van der Waals surface area contributed by atoms with Gasteiger partial charge in [0, 0.05) is 18.2 Å². The molecule has 11 heavy (non-hydrogen) atoms. The normalized spacial score (nSPS) is 10.7. The van der Waals surface area contributed by atoms with Crippen molar-refractivity contribution in [2.45, 2.75) is 19.3 Å². The Hall–Kier alpha value is -0.0100. The number of unbranched alkanes of at least 4 members (excludes halogenated alkanes) is 1. The molecule has 0 aromatic rings. The number of alkyl halides is 2. The van der Waals surface area contributed by atoms with Crippen molar-refractivity contribution in [2.75, 3.05) is 11.8 Å². The number of carbonyl (C=O) groups excluding carboxylic acids is 1. The van der Waals surface area contributed by atoms with E-state index in [9.17, 15) is 4.79 Å². The Balaban J connectivity index is 3.32. The Morgan fingerprint density at radius 3 is 2.55 bits per heavy atom. The van der Waals surface area contributed by atoms with Crippen LogP contribution in [0, 0.1) is 0 Å². The lowest BCUT2D eigenvalue weighted by Crippen LogP contribution is -1.92. The van der Waals surface area contributed by atoms with Crippen molar-refractivity contribution in [1.82, 2.24) is 0 Å². The molecule has 3 heteroatoms. The lowest BCUT2D eigenvalue weighted by Gasteiger charge is -1.88. The molecule has 0 aliphatic rings. The van der Waals surface area contributed by atoms with Gasteiger partial charge in [-0.25, -0.2) is 0 Å². The van der Waals surface area contributed by atoms with E-state index < -0.39 is 0 Å². The van der Waals surface area contributed by atoms with E-state index in [2.05, 4.69) is 0 Å². The average Bonchev–Trinajstić information content (AvgIpc) is 1.99. The molecular weight excluding hydrogens is 183 g/mol. The Bertz CT molecular complexity index is 132. The predicted molar refractivity (Wildman–Crippen MR) is 49.4 cm³/mol. The van der Waals surface area contributed by atoms with Crippen LogP contribution in [0.3, 0.4) is 0 Å². The Kier molecular flexibility index (Phi) is 8.08. The van der Waals surface area contributed by atoms with Gasteiger partial charge in [0.25, 0.3) is 0 Å². The first kappa shape index (κ1) is 11.0. The summed E-state index contributed by atoms with van der Waals surface area (Å²) < 4.78 is 0. The Labute approximate surface area is 77.4 Å². The first-order valence-electron chi connectivity index (χ1n) is 3.62. The summed E-state index contributed by atoms with van der Waals surface area (Å²) in [6, 6.07) is 0. The molecule has 0 saturated carbocycles. The van der Waals surface area contributed by atoms with Crippen molar-refractivity contribution in [3.63, 3.8) is 0 Å². The average molecular weight is 195 g/mol. The summed E-state index contributed by atoms with van der Waals surface area (Å²) in [7, 11) is 0. The van der Waals surface area contributed by atoms with Crippen molar-refractivity contribution in [1.29, 1.82) is 0 Å². The summed E-state index contributed by atoms with van der Waals surface area (Å²) in [4.78, 5) is 10.8. The highest BCUT2D eigenvalue weighted by molar-refractivity contribution is 6.19. The van der Waals surface area contributed by atoms with Crippen LogP contribution >= 0.6 is 23.2 Å². The fraction of sp³-hybridized carbons (Fsp3) is 0.625. The summed E-state index contributed by atoms with van der Waals surface area (Å²) in [6.07, 6.45) is 5.65. The second-order valence-electron chi connectivity index (χ2n) is 2.14. The molecule has 0 spiro atoms. The molecule has 0 radical (unpaired) electrons. The van der Waals surface area contributed by atoms with Crippen molar-refractivity contribution in [2.24, 2.45) is 0 Å². The molecule has 0 aliphatic carbocycles. The summed E-state index contributed by atoms with van der Waals surface area (Å²) in [6.45, 7) is 0. The number of ketones is 1. The van der Waals surface area contributed by atoms with Crippen molar-refractivity contribution >= 4 is 29.0 Å². The van der Waals surface area contributed by atoms with Crippen LogP contribution in [0.5, 0.6) is 0 Å². The molecule has 0 rings (SSSR count). The van der Waals surface area contributed by atoms with Gasteiger partial charge < -0.3 is 0 Å². The lowest BCUT2D eigenvalue weighted by molar-refractivity contribution is -0.114. The SMILES string of the molecule is O=C(C=CCCCCl)CCCl. The molecular formula is C8H12Cl2O. The van der Waals surface area contributed by atoms with E-state index in [4.69, 9.17) is 23.2 Å². The number of hydrogen-bond acceptors (Lipinski definition) is 1. The second kappa shape index (κ2) is 8.09. The number of rotatable bonds is 6. The van der Waals surface area contributed by atoms with Gasteiger partial charge in [-0.1, -0.05) is 6.08 Å². The third-order valence-electron chi connectivity index (χ3n) is 1.15. The molecule has 1 nitrogen and oxygen atoms in total. The van der Waals surface area contributed by atoms with E-state index in [1.807, 2.05) is 6.08 Å². The Morgan fingerprint density at radius 2 is 2.00 bits per heavy atom. The summed E-state index contributed by atoms with van der Waals surface area (Å²) in [5.41, 5.74) is 0. The fourth-order valence-corrected chi connectivity index (χ4v) is 0.927. The van der Waals surface area contributed by atoms with Gasteiger partial charge in [0.1, 0.15) is 0 Å². The molecule has 0 fully saturated rings. The standard InChI is InChI=1S/C8H12Cl2O/c9-6-3-1-2-4-8(11)5-7-10/h2,4H,1,3,5-7H2. The molecule has 0 atom stereocenters. The van der Waals surface area contributed by atoms with Crippen LogP contribution in [0.25, 0.3) is 0 Å². The van der Waals surface area contributed by atoms with Crippen LogP contribution in [-0.4, -0.2) is 17.5 Å². The van der Waals surface area contributed by atoms with Crippen LogP contribution in [0.1, 0.15) is 19.3 Å². The van der Waals surface area contributed by atoms with E-state index in [0.29, 0.717) is 18.2 Å². The van der Waals surface area contributed by atoms with Crippen LogP contribution in [0.4, 0.5) is 0 Å². The highest BCUT2D eigenvalue weighted by Crippen LogP contribution is 1.95. The smallest absolute Gasteiger partial charge is 0.156 e. The number of halogens is 2. The molecule has 0 N–H and O–H groups in total. The first-order valence-corrected chi connectivity index (χ1v) is 4.69. The van der Waals surface area contributed by atoms with Crippen LogP contribution in [-0.2, 0) is 4.79 Å². The van der Waals surface area contributed by atoms with Crippen LogP contribution < -0.4 is 0 Å². The highest BCUT2D eigenvalue weighted by Gasteiger charge is 1.92. The van der Waals surface area contributed by atoms with Gasteiger partial charge in [-0.2, -0.15) is 0 Å². The zero-order valence-corrected chi connectivity index (χ0v) is 7.87. The molecule has 0 bridgehead atoms. The van der Waals surface area contributed by atoms with Crippen molar-refractivity contribution in [3.8, 4) is 0 Å². The first-order chi connectivity index (χ1) is 5.31. The summed E-state index contributed by atoms with van der Waals surface area (Å²) in [5, 5.41) is 0. The van der Waals surface area contributed by atoms with Crippen molar-refractivity contribution < 1.29 is 4.79 Å². The minimum Gasteiger partial charge on any atom is -0.295 e. The summed E-state index contributed by atoms with van der Waals surface area (Å²) >= 11 is 10.8. The van der Waals surface area contributed by atoms with E-state index in [1.54, 1.807) is 6.08 Å². The van der Waals surface area contributed by atoms with E-state index in [1.165, 1.54) is 0 Å². The highest BCUT2D eigenvalue weighted by atomic mass is 35.5. The van der Waals surface area contributed by atoms with Gasteiger partial charge >= 0.3 is 0 Å². The summed E-state index contributed by atoms with van der Waals surface area (Å²) in [5.74, 6) is 1.14. The van der Waals surface area contributed by atoms with Crippen LogP contribution in [0.15, 0.2) is 12.2 Å². The zero-order valence-electron chi connectivity index (χ0n) is 6.35. The van der Waals surface area contributed by atoms with Gasteiger partial charge in [0.2, 0.25) is 0 Å². The molecule has 64 valence electrons. The number of allylic oxidation sites excluding steroid dienone is 2. The van der Waals surface area contributed by atoms with Gasteiger partial charge in [0.05, 0.1) is 0 Å². The van der Waals surface area contributed by atoms with E-state index >= 15 is 0 Å². The molecule has 0 amide bonds. The van der Waals surface area contributed by atoms with Gasteiger partial charge in [-0.05, 0) is 18.9 Å². The molecule has 0 heterocycles. The number of hydrogen-bond donors (Lipinski definition) is 0. The molecule has 0 aliphatic heterocycles. The molecule has 0 saturated heterocycles. The van der Waals surface area contributed by atoms with E-state index in [-0.39, 0.29) is 5.78 Å². The maximum absolute atomic E-state index is 10.8. The maximum atomic E-state index is 10.8. The van der Waals surface area contributed by atoms with E-state index in [0.717, 1.165) is 12.8 Å². The minimum atomic E-state index is 0.0922. The predicted octanol–water partition coefficient (Wildman–Crippen LogP) is 2.76. The maximum Gasteiger partial charge on any atom is 0.156 e. The molecule has 0 aromatic heterocycles. The minimum absolute atomic E-state index is 0.0922. The topological polar surface area (TPSA) is 17.1 Å². The third-order valence-corrected chi connectivity index (χ3v) is 1.61. The zero-order chi connectivity index (χ0) is 8.53. The van der Waals surface area contributed by atoms with Gasteiger partial charge in [-0.3, -0.25) is 4.79 Å². The second-order valence-corrected chi connectivity index (χ2v) is 2.89. The molecule has 0 aromatic carbocycles. The van der Waals surface area contributed by atoms with Gasteiger partial charge in [-0.15, -0.1) is 23.2 Å². The van der Waals surface area contributed by atoms with Crippen molar-refractivity contribution in [3.05, 3.63) is 12.2 Å². The third kappa shape index (κ3) is 7.89.